The van der Waals surface area contributed by atoms with Crippen LogP contribution in [0.5, 0.6) is 0 Å². The van der Waals surface area contributed by atoms with Crippen LogP contribution in [0.2, 0.25) is 0 Å². The van der Waals surface area contributed by atoms with Crippen molar-refractivity contribution in [2.75, 3.05) is 11.1 Å². The topological polar surface area (TPSA) is 99.7 Å². The summed E-state index contributed by atoms with van der Waals surface area (Å²) in [5.41, 5.74) is 5.83. The summed E-state index contributed by atoms with van der Waals surface area (Å²) >= 11 is 2.04. The molecule has 0 aliphatic heterocycles. The smallest absolute Gasteiger partial charge is 0.222 e. The molecule has 6 nitrogen and oxygen atoms in total. The number of halogens is 1. The van der Waals surface area contributed by atoms with Crippen LogP contribution in [-0.2, 0) is 0 Å². The lowest BCUT2D eigenvalue weighted by Crippen LogP contribution is -2.29. The first kappa shape index (κ1) is 11.9. The van der Waals surface area contributed by atoms with E-state index >= 15 is 0 Å². The van der Waals surface area contributed by atoms with Crippen molar-refractivity contribution in [3.8, 4) is 6.07 Å². The molecule has 0 fully saturated rings. The van der Waals surface area contributed by atoms with Crippen LogP contribution in [0.15, 0.2) is 6.20 Å². The van der Waals surface area contributed by atoms with Crippen molar-refractivity contribution >= 4 is 34.6 Å². The molecule has 7 heteroatoms. The maximum atomic E-state index is 8.83. The normalized spacial score (nSPS) is 11.8. The second kappa shape index (κ2) is 5.67. The van der Waals surface area contributed by atoms with E-state index in [0.717, 1.165) is 6.42 Å². The van der Waals surface area contributed by atoms with Gasteiger partial charge in [0.05, 0.1) is 12.4 Å². The molecule has 15 heavy (non-hydrogen) atoms. The summed E-state index contributed by atoms with van der Waals surface area (Å²) in [6, 6.07) is 2.00. The zero-order valence-corrected chi connectivity index (χ0v) is 10.3. The van der Waals surface area contributed by atoms with E-state index in [4.69, 9.17) is 11.0 Å². The van der Waals surface area contributed by atoms with Crippen LogP contribution in [0.3, 0.4) is 0 Å². The van der Waals surface area contributed by atoms with Crippen LogP contribution in [0.25, 0.3) is 0 Å². The summed E-state index contributed by atoms with van der Waals surface area (Å²) < 4.78 is 3.02. The van der Waals surface area contributed by atoms with E-state index in [-0.39, 0.29) is 12.1 Å². The van der Waals surface area contributed by atoms with Gasteiger partial charge >= 0.3 is 0 Å². The van der Waals surface area contributed by atoms with Gasteiger partial charge in [-0.15, -0.1) is 0 Å². The van der Waals surface area contributed by atoms with Crippen molar-refractivity contribution in [2.45, 2.75) is 19.5 Å². The van der Waals surface area contributed by atoms with Crippen molar-refractivity contribution in [1.29, 1.82) is 5.26 Å². The van der Waals surface area contributed by atoms with Crippen molar-refractivity contribution in [1.82, 2.24) is 13.5 Å². The number of nitrogens with two attached hydrogens (primary N) is 1. The zero-order chi connectivity index (χ0) is 11.3. The molecule has 1 aromatic heterocycles. The van der Waals surface area contributed by atoms with E-state index in [9.17, 15) is 0 Å². The van der Waals surface area contributed by atoms with Gasteiger partial charge in [-0.25, -0.2) is 8.51 Å². The molecule has 0 radical (unpaired) electrons. The minimum absolute atomic E-state index is 0.0481. The molecule has 1 atom stereocenters. The first-order valence-corrected chi connectivity index (χ1v) is 5.44. The number of nitriles is 1. The fourth-order valence-electron chi connectivity index (χ4n) is 0.959. The van der Waals surface area contributed by atoms with Gasteiger partial charge in [-0.1, -0.05) is 6.92 Å². The van der Waals surface area contributed by atoms with Gasteiger partial charge in [-0.2, -0.15) is 10.2 Å². The lowest BCUT2D eigenvalue weighted by Gasteiger charge is -2.15. The third kappa shape index (κ3) is 3.17. The van der Waals surface area contributed by atoms with Gasteiger partial charge in [0.15, 0.2) is 5.82 Å². The average molecular weight is 318 g/mol. The van der Waals surface area contributed by atoms with Crippen LogP contribution in [0.1, 0.15) is 18.9 Å². The highest BCUT2D eigenvalue weighted by molar-refractivity contribution is 14.1. The quantitative estimate of drug-likeness (QED) is 0.435. The number of hydrogen-bond acceptors (Lipinski definition) is 6. The zero-order valence-electron chi connectivity index (χ0n) is 8.16. The van der Waals surface area contributed by atoms with Gasteiger partial charge < -0.3 is 11.1 Å². The predicted octanol–water partition coefficient (Wildman–Crippen LogP) is 1.02. The fraction of sp³-hybridized carbons (Fsp3) is 0.375. The third-order valence-electron chi connectivity index (χ3n) is 1.78. The van der Waals surface area contributed by atoms with E-state index in [1.165, 1.54) is 6.20 Å². The highest BCUT2D eigenvalue weighted by atomic mass is 127. The van der Waals surface area contributed by atoms with Gasteiger partial charge in [0.1, 0.15) is 11.6 Å². The maximum absolute atomic E-state index is 8.83. The highest BCUT2D eigenvalue weighted by Crippen LogP contribution is 2.12. The Bertz CT molecular complexity index is 370. The molecule has 1 aromatic rings. The minimum atomic E-state index is 0.0481. The van der Waals surface area contributed by atoms with Gasteiger partial charge in [-0.3, -0.25) is 0 Å². The van der Waals surface area contributed by atoms with Crippen molar-refractivity contribution in [3.63, 3.8) is 0 Å². The Morgan fingerprint density at radius 1 is 1.73 bits per heavy atom. The molecule has 80 valence electrons. The van der Waals surface area contributed by atoms with Crippen molar-refractivity contribution in [3.05, 3.63) is 11.8 Å². The van der Waals surface area contributed by atoms with E-state index in [1.54, 1.807) is 0 Å². The molecule has 0 bridgehead atoms. The first-order chi connectivity index (χ1) is 7.21. The fourth-order valence-corrected chi connectivity index (χ4v) is 1.55. The van der Waals surface area contributed by atoms with Gasteiger partial charge in [0.2, 0.25) is 5.95 Å². The summed E-state index contributed by atoms with van der Waals surface area (Å²) in [5, 5.41) is 11.9. The van der Waals surface area contributed by atoms with E-state index in [1.807, 2.05) is 35.9 Å². The number of nitrogens with zero attached hydrogens (tertiary/aromatic N) is 3. The molecule has 0 aliphatic rings. The van der Waals surface area contributed by atoms with Gasteiger partial charge in [-0.05, 0) is 6.42 Å². The average Bonchev–Trinajstić information content (AvgIpc) is 2.26. The van der Waals surface area contributed by atoms with E-state index < -0.39 is 0 Å². The Morgan fingerprint density at radius 2 is 2.47 bits per heavy atom. The molecule has 0 unspecified atom stereocenters. The molecular formula is C8H11IN6. The van der Waals surface area contributed by atoms with E-state index in [0.29, 0.717) is 11.4 Å². The van der Waals surface area contributed by atoms with Crippen LogP contribution in [-0.4, -0.2) is 16.1 Å². The summed E-state index contributed by atoms with van der Waals surface area (Å²) in [6.45, 7) is 2.01. The molecule has 0 aromatic carbocycles. The summed E-state index contributed by atoms with van der Waals surface area (Å²) in [4.78, 5) is 7.72. The second-order valence-electron chi connectivity index (χ2n) is 2.82. The molecule has 0 saturated heterocycles. The Morgan fingerprint density at radius 3 is 3.00 bits per heavy atom. The molecule has 0 saturated carbocycles. The highest BCUT2D eigenvalue weighted by Gasteiger charge is 2.09. The van der Waals surface area contributed by atoms with E-state index in [2.05, 4.69) is 18.8 Å². The molecule has 4 N–H and O–H groups in total. The number of nitrogens with one attached hydrogen (secondary N) is 2. The third-order valence-corrected chi connectivity index (χ3v) is 2.53. The molecule has 0 aliphatic carbocycles. The van der Waals surface area contributed by atoms with Crippen molar-refractivity contribution in [2.24, 2.45) is 0 Å². The first-order valence-electron chi connectivity index (χ1n) is 4.36. The Hall–Kier alpha value is -1.14. The number of aromatic nitrogens is 2. The summed E-state index contributed by atoms with van der Waals surface area (Å²) in [6.07, 6.45) is 2.31. The molecule has 1 heterocycles. The van der Waals surface area contributed by atoms with Gasteiger partial charge in [0, 0.05) is 22.9 Å². The largest absolute Gasteiger partial charge is 0.368 e. The monoisotopic (exact) mass is 318 g/mol. The van der Waals surface area contributed by atoms with Crippen LogP contribution in [0.4, 0.5) is 11.8 Å². The van der Waals surface area contributed by atoms with Gasteiger partial charge in [0.25, 0.3) is 0 Å². The number of nitrogen functional groups attached to an aromatic ring is 1. The Balaban J connectivity index is 2.92. The number of hydrogen-bond donors (Lipinski definition) is 3. The SMILES string of the molecule is CC[C@H](NI)Nc1nc(N)ncc1C#N. The summed E-state index contributed by atoms with van der Waals surface area (Å²) in [7, 11) is 0. The predicted molar refractivity (Wildman–Crippen MR) is 66.0 cm³/mol. The maximum Gasteiger partial charge on any atom is 0.222 e. The molecule has 0 amide bonds. The standard InChI is InChI=1S/C8H11IN6/c1-2-6(15-9)13-7-5(3-10)4-12-8(11)14-7/h4,6,15H,2H2,1H3,(H3,11,12,13,14)/t6-/m0/s1. The van der Waals surface area contributed by atoms with Crippen LogP contribution >= 0.6 is 22.9 Å². The number of anilines is 2. The lowest BCUT2D eigenvalue weighted by molar-refractivity contribution is 0.696. The second-order valence-corrected chi connectivity index (χ2v) is 3.44. The minimum Gasteiger partial charge on any atom is -0.368 e. The van der Waals surface area contributed by atoms with Crippen LogP contribution < -0.4 is 14.6 Å². The molecule has 0 spiro atoms. The Kier molecular flexibility index (Phi) is 4.51. The lowest BCUT2D eigenvalue weighted by atomic mass is 10.3. The number of rotatable bonds is 4. The summed E-state index contributed by atoms with van der Waals surface area (Å²) in [5.74, 6) is 0.612. The molecular weight excluding hydrogens is 307 g/mol. The molecule has 1 rings (SSSR count). The van der Waals surface area contributed by atoms with Crippen LogP contribution in [0, 0.1) is 11.3 Å². The Labute approximate surface area is 102 Å². The van der Waals surface area contributed by atoms with Crippen molar-refractivity contribution < 1.29 is 0 Å².